The average Bonchev–Trinajstić information content (AvgIpc) is 3.09. The third-order valence-corrected chi connectivity index (χ3v) is 7.47. The predicted octanol–water partition coefficient (Wildman–Crippen LogP) is -0.535. The molecule has 1 saturated heterocycles. The van der Waals surface area contributed by atoms with Crippen LogP contribution < -0.4 is 29.7 Å². The molecule has 0 radical (unpaired) electrons. The van der Waals surface area contributed by atoms with Gasteiger partial charge in [-0.3, -0.25) is 0 Å². The Labute approximate surface area is 128 Å². The van der Waals surface area contributed by atoms with E-state index < -0.39 is 3.42 Å². The van der Waals surface area contributed by atoms with E-state index in [2.05, 4.69) is 26.1 Å². The van der Waals surface area contributed by atoms with E-state index in [-0.39, 0.29) is 27.4 Å². The Hall–Kier alpha value is -0.350. The summed E-state index contributed by atoms with van der Waals surface area (Å²) in [5, 5.41) is 0.937. The minimum absolute atomic E-state index is 0.0198. The van der Waals surface area contributed by atoms with Gasteiger partial charge in [-0.15, -0.1) is 0 Å². The Morgan fingerprint density at radius 1 is 1.56 bits per heavy atom. The van der Waals surface area contributed by atoms with E-state index in [1.54, 1.807) is 12.3 Å². The summed E-state index contributed by atoms with van der Waals surface area (Å²) in [6, 6.07) is 7.24. The zero-order valence-corrected chi connectivity index (χ0v) is 13.8. The van der Waals surface area contributed by atoms with Crippen LogP contribution in [0.5, 0.6) is 5.75 Å². The normalized spacial score (nSPS) is 22.0. The standard InChI is InChI=1S/C12H10I2NO3/c1-12(13,10-14-15-10)11(16)18-8-2-3-9-7(6-8)4-5-17-9/h2-6,10,15H,1H3/q-1. The summed E-state index contributed by atoms with van der Waals surface area (Å²) in [7, 11) is 0. The topological polar surface area (TPSA) is 61.4 Å². The number of halogens is 2. The van der Waals surface area contributed by atoms with Gasteiger partial charge in [0.05, 0.1) is 0 Å². The molecule has 6 heteroatoms. The number of fused-ring (bicyclic) bond motifs is 1. The van der Waals surface area contributed by atoms with Crippen molar-refractivity contribution in [2.24, 2.45) is 0 Å². The van der Waals surface area contributed by atoms with Gasteiger partial charge < -0.3 is 0 Å². The summed E-state index contributed by atoms with van der Waals surface area (Å²) >= 11 is 2.15. The van der Waals surface area contributed by atoms with Gasteiger partial charge in [0.2, 0.25) is 0 Å². The number of rotatable bonds is 3. The molecule has 1 aliphatic heterocycles. The van der Waals surface area contributed by atoms with Gasteiger partial charge in [-0.2, -0.15) is 0 Å². The number of nitrogens with one attached hydrogen (secondary N) is 1. The number of alkyl halides is 2. The molecule has 1 aliphatic rings. The van der Waals surface area contributed by atoms with Crippen LogP contribution in [0.1, 0.15) is 6.92 Å². The van der Waals surface area contributed by atoms with Gasteiger partial charge in [0.25, 0.3) is 0 Å². The molecule has 1 fully saturated rings. The monoisotopic (exact) mass is 470 g/mol. The fourth-order valence-corrected chi connectivity index (χ4v) is 4.85. The van der Waals surface area contributed by atoms with Crippen molar-refractivity contribution in [2.45, 2.75) is 14.4 Å². The fourth-order valence-electron chi connectivity index (χ4n) is 1.55. The van der Waals surface area contributed by atoms with Crippen molar-refractivity contribution in [3.63, 3.8) is 0 Å². The van der Waals surface area contributed by atoms with E-state index in [9.17, 15) is 4.79 Å². The number of benzene rings is 1. The number of esters is 1. The summed E-state index contributed by atoms with van der Waals surface area (Å²) in [5.74, 6) is 0.372. The number of furan rings is 1. The van der Waals surface area contributed by atoms with Crippen LogP contribution in [0.4, 0.5) is 0 Å². The van der Waals surface area contributed by atoms with E-state index >= 15 is 0 Å². The van der Waals surface area contributed by atoms with Crippen LogP contribution in [0.3, 0.4) is 0 Å². The van der Waals surface area contributed by atoms with Gasteiger partial charge in [-0.25, -0.2) is 0 Å². The molecule has 0 amide bonds. The Morgan fingerprint density at radius 2 is 2.33 bits per heavy atom. The van der Waals surface area contributed by atoms with Crippen molar-refractivity contribution < 1.29 is 35.4 Å². The third-order valence-electron chi connectivity index (χ3n) is 2.73. The molecule has 0 aliphatic carbocycles. The van der Waals surface area contributed by atoms with Crippen LogP contribution in [0.15, 0.2) is 34.9 Å². The SMILES string of the molecule is CC(I)(C(=O)Oc1ccc2occc2c1)C1N[I-]1. The van der Waals surface area contributed by atoms with E-state index in [0.29, 0.717) is 9.80 Å². The molecule has 2 heterocycles. The number of ether oxygens (including phenoxy) is 1. The van der Waals surface area contributed by atoms with Crippen LogP contribution >= 0.6 is 22.6 Å². The zero-order valence-electron chi connectivity index (χ0n) is 9.44. The molecular formula is C12H10I2NO3-. The summed E-state index contributed by atoms with van der Waals surface area (Å²) in [4.78, 5) is 12.1. The molecule has 1 aromatic carbocycles. The second-order valence-corrected chi connectivity index (χ2v) is 8.90. The van der Waals surface area contributed by atoms with Crippen molar-refractivity contribution in [3.05, 3.63) is 30.5 Å². The minimum atomic E-state index is -0.476. The summed E-state index contributed by atoms with van der Waals surface area (Å²) in [6.45, 7) is 1.91. The van der Waals surface area contributed by atoms with Gasteiger partial charge in [0.15, 0.2) is 0 Å². The van der Waals surface area contributed by atoms with Gasteiger partial charge in [0, 0.05) is 0 Å². The molecular weight excluding hydrogens is 460 g/mol. The van der Waals surface area contributed by atoms with Gasteiger partial charge in [0.1, 0.15) is 0 Å². The first kappa shape index (κ1) is 12.7. The molecule has 1 aromatic heterocycles. The van der Waals surface area contributed by atoms with Gasteiger partial charge >= 0.3 is 129 Å². The molecule has 0 saturated carbocycles. The average molecular weight is 470 g/mol. The van der Waals surface area contributed by atoms with E-state index in [0.717, 1.165) is 11.0 Å². The van der Waals surface area contributed by atoms with Crippen molar-refractivity contribution in [2.75, 3.05) is 0 Å². The first-order chi connectivity index (χ1) is 8.57. The molecule has 3 rings (SSSR count). The molecule has 2 atom stereocenters. The number of carbonyl (C=O) groups excluding carboxylic acids is 1. The maximum atomic E-state index is 12.1. The van der Waals surface area contributed by atoms with Crippen LogP contribution in [0.25, 0.3) is 11.0 Å². The first-order valence-corrected chi connectivity index (χ1v) is 8.74. The Morgan fingerprint density at radius 3 is 3.06 bits per heavy atom. The number of hydrogen-bond donors (Lipinski definition) is 1. The third kappa shape index (κ3) is 2.37. The molecule has 96 valence electrons. The Bertz CT molecular complexity index is 604. The van der Waals surface area contributed by atoms with Gasteiger partial charge in [-0.05, 0) is 0 Å². The molecule has 4 nitrogen and oxygen atoms in total. The number of carbonyl (C=O) groups is 1. The Balaban J connectivity index is 1.81. The van der Waals surface area contributed by atoms with E-state index in [1.165, 1.54) is 0 Å². The quantitative estimate of drug-likeness (QED) is 0.125. The first-order valence-electron chi connectivity index (χ1n) is 5.34. The molecule has 0 bridgehead atoms. The molecule has 18 heavy (non-hydrogen) atoms. The second kappa shape index (κ2) is 4.64. The van der Waals surface area contributed by atoms with Gasteiger partial charge in [-0.1, -0.05) is 0 Å². The molecule has 2 unspecified atom stereocenters. The summed E-state index contributed by atoms with van der Waals surface area (Å²) in [6.07, 6.45) is 1.62. The van der Waals surface area contributed by atoms with Crippen LogP contribution in [-0.4, -0.2) is 13.4 Å². The Kier molecular flexibility index (Phi) is 3.27. The van der Waals surface area contributed by atoms with Crippen molar-refractivity contribution >= 4 is 39.5 Å². The maximum absolute atomic E-state index is 12.1. The van der Waals surface area contributed by atoms with Crippen molar-refractivity contribution in [3.8, 4) is 5.75 Å². The van der Waals surface area contributed by atoms with E-state index in [4.69, 9.17) is 9.15 Å². The fraction of sp³-hybridized carbons (Fsp3) is 0.250. The van der Waals surface area contributed by atoms with Crippen LogP contribution in [0, 0.1) is 0 Å². The zero-order chi connectivity index (χ0) is 12.8. The molecule has 1 N–H and O–H groups in total. The van der Waals surface area contributed by atoms with Crippen molar-refractivity contribution in [1.29, 1.82) is 0 Å². The van der Waals surface area contributed by atoms with Crippen molar-refractivity contribution in [1.82, 2.24) is 3.53 Å². The van der Waals surface area contributed by atoms with Crippen LogP contribution in [0.2, 0.25) is 0 Å². The second-order valence-electron chi connectivity index (χ2n) is 4.17. The predicted molar refractivity (Wildman–Crippen MR) is 71.2 cm³/mol. The molecule has 2 aromatic rings. The molecule has 0 spiro atoms. The van der Waals surface area contributed by atoms with Crippen LogP contribution in [-0.2, 0) is 4.79 Å². The summed E-state index contributed by atoms with van der Waals surface area (Å²) < 4.78 is 13.8. The number of hydrogen-bond acceptors (Lipinski definition) is 4. The van der Waals surface area contributed by atoms with E-state index in [1.807, 2.05) is 25.1 Å². The summed E-state index contributed by atoms with van der Waals surface area (Å²) in [5.41, 5.74) is 0.793.